The number of carbonyl (C=O) groups excluding carboxylic acids is 1. The van der Waals surface area contributed by atoms with Crippen LogP contribution in [0.5, 0.6) is 0 Å². The van der Waals surface area contributed by atoms with Crippen molar-refractivity contribution in [1.29, 1.82) is 0 Å². The lowest BCUT2D eigenvalue weighted by Gasteiger charge is -2.05. The number of hydrogen-bond donors (Lipinski definition) is 2. The van der Waals surface area contributed by atoms with E-state index in [1.807, 2.05) is 0 Å². The summed E-state index contributed by atoms with van der Waals surface area (Å²) in [6, 6.07) is 2.70. The molecule has 0 fully saturated rings. The summed E-state index contributed by atoms with van der Waals surface area (Å²) in [5.74, 6) is -2.15. The van der Waals surface area contributed by atoms with Gasteiger partial charge in [0.1, 0.15) is 23.0 Å². The van der Waals surface area contributed by atoms with Crippen LogP contribution in [-0.2, 0) is 0 Å². The molecule has 0 aliphatic rings. The normalized spacial score (nSPS) is 10.3. The molecule has 0 unspecified atom stereocenters. The van der Waals surface area contributed by atoms with Crippen molar-refractivity contribution in [2.75, 3.05) is 5.32 Å². The van der Waals surface area contributed by atoms with Gasteiger partial charge in [-0.25, -0.2) is 13.8 Å². The molecule has 1 amide bonds. The minimum atomic E-state index is -0.926. The Bertz CT molecular complexity index is 698. The second-order valence-electron chi connectivity index (χ2n) is 3.79. The molecule has 7 heteroatoms. The van der Waals surface area contributed by atoms with Gasteiger partial charge < -0.3 is 10.3 Å². The molecule has 98 valence electrons. The molecule has 0 saturated heterocycles. The Balaban J connectivity index is 2.28. The molecule has 0 spiro atoms. The summed E-state index contributed by atoms with van der Waals surface area (Å²) in [7, 11) is 0. The van der Waals surface area contributed by atoms with Crippen LogP contribution in [0.25, 0.3) is 0 Å². The first kappa shape index (κ1) is 12.9. The molecule has 1 aromatic carbocycles. The predicted octanol–water partition coefficient (Wildman–Crippen LogP) is 1.61. The SMILES string of the molecule is Cc1ncc(C(=O)Nc2ccc(F)cc2F)c(=O)[nH]1. The number of amides is 1. The second kappa shape index (κ2) is 4.97. The summed E-state index contributed by atoms with van der Waals surface area (Å²) in [5, 5.41) is 2.17. The summed E-state index contributed by atoms with van der Waals surface area (Å²) >= 11 is 0. The number of H-pyrrole nitrogens is 1. The smallest absolute Gasteiger partial charge is 0.263 e. The Morgan fingerprint density at radius 2 is 2.11 bits per heavy atom. The molecular weight excluding hydrogens is 256 g/mol. The summed E-state index contributed by atoms with van der Waals surface area (Å²) in [6.07, 6.45) is 1.09. The van der Waals surface area contributed by atoms with Crippen molar-refractivity contribution in [3.8, 4) is 0 Å². The van der Waals surface area contributed by atoms with Crippen LogP contribution in [-0.4, -0.2) is 15.9 Å². The van der Waals surface area contributed by atoms with E-state index < -0.39 is 23.1 Å². The van der Waals surface area contributed by atoms with Gasteiger partial charge in [0, 0.05) is 12.3 Å². The lowest BCUT2D eigenvalue weighted by Crippen LogP contribution is -2.24. The number of nitrogens with zero attached hydrogens (tertiary/aromatic N) is 1. The van der Waals surface area contributed by atoms with Gasteiger partial charge in [-0.1, -0.05) is 0 Å². The number of nitrogens with one attached hydrogen (secondary N) is 2. The zero-order valence-corrected chi connectivity index (χ0v) is 9.83. The Kier molecular flexibility index (Phi) is 3.37. The first-order valence-corrected chi connectivity index (χ1v) is 5.29. The van der Waals surface area contributed by atoms with E-state index in [0.717, 1.165) is 18.3 Å². The van der Waals surface area contributed by atoms with Gasteiger partial charge in [-0.05, 0) is 19.1 Å². The van der Waals surface area contributed by atoms with Crippen LogP contribution in [0.4, 0.5) is 14.5 Å². The molecule has 0 atom stereocenters. The highest BCUT2D eigenvalue weighted by atomic mass is 19.1. The van der Waals surface area contributed by atoms with Crippen molar-refractivity contribution in [3.05, 3.63) is 57.8 Å². The summed E-state index contributed by atoms with van der Waals surface area (Å²) in [6.45, 7) is 1.56. The molecule has 19 heavy (non-hydrogen) atoms. The number of aryl methyl sites for hydroxylation is 1. The molecule has 0 radical (unpaired) electrons. The zero-order chi connectivity index (χ0) is 14.0. The number of aromatic amines is 1. The Morgan fingerprint density at radius 3 is 2.74 bits per heavy atom. The highest BCUT2D eigenvalue weighted by molar-refractivity contribution is 6.03. The predicted molar refractivity (Wildman–Crippen MR) is 63.9 cm³/mol. The lowest BCUT2D eigenvalue weighted by molar-refractivity contribution is 0.102. The van der Waals surface area contributed by atoms with Crippen molar-refractivity contribution in [3.63, 3.8) is 0 Å². The van der Waals surface area contributed by atoms with Crippen molar-refractivity contribution in [1.82, 2.24) is 9.97 Å². The van der Waals surface area contributed by atoms with Gasteiger partial charge in [-0.15, -0.1) is 0 Å². The summed E-state index contributed by atoms with van der Waals surface area (Å²) < 4.78 is 26.0. The van der Waals surface area contributed by atoms with E-state index in [0.29, 0.717) is 11.9 Å². The maximum atomic E-state index is 13.3. The number of carbonyl (C=O) groups is 1. The Morgan fingerprint density at radius 1 is 1.37 bits per heavy atom. The summed E-state index contributed by atoms with van der Waals surface area (Å²) in [4.78, 5) is 29.4. The van der Waals surface area contributed by atoms with Crippen molar-refractivity contribution in [2.45, 2.75) is 6.92 Å². The van der Waals surface area contributed by atoms with E-state index >= 15 is 0 Å². The molecule has 2 N–H and O–H groups in total. The Hall–Kier alpha value is -2.57. The maximum Gasteiger partial charge on any atom is 0.263 e. The first-order valence-electron chi connectivity index (χ1n) is 5.29. The van der Waals surface area contributed by atoms with Crippen LogP contribution >= 0.6 is 0 Å². The van der Waals surface area contributed by atoms with Gasteiger partial charge in [0.15, 0.2) is 0 Å². The fourth-order valence-corrected chi connectivity index (χ4v) is 1.43. The lowest BCUT2D eigenvalue weighted by atomic mass is 10.2. The van der Waals surface area contributed by atoms with Crippen LogP contribution in [0.1, 0.15) is 16.2 Å². The zero-order valence-electron chi connectivity index (χ0n) is 9.83. The van der Waals surface area contributed by atoms with Crippen molar-refractivity contribution < 1.29 is 13.6 Å². The molecule has 0 saturated carbocycles. The van der Waals surface area contributed by atoms with E-state index in [1.54, 1.807) is 6.92 Å². The molecule has 2 rings (SSSR count). The van der Waals surface area contributed by atoms with E-state index in [2.05, 4.69) is 15.3 Å². The maximum absolute atomic E-state index is 13.3. The monoisotopic (exact) mass is 265 g/mol. The quantitative estimate of drug-likeness (QED) is 0.866. The minimum Gasteiger partial charge on any atom is -0.319 e. The minimum absolute atomic E-state index is 0.216. The van der Waals surface area contributed by atoms with Crippen LogP contribution in [0.2, 0.25) is 0 Å². The fourth-order valence-electron chi connectivity index (χ4n) is 1.43. The molecule has 1 heterocycles. The standard InChI is InChI=1S/C12H9F2N3O2/c1-6-15-5-8(11(18)16-6)12(19)17-10-3-2-7(13)4-9(10)14/h2-5H,1H3,(H,17,19)(H,15,16,18). The third-order valence-corrected chi connectivity index (χ3v) is 2.35. The van der Waals surface area contributed by atoms with Gasteiger partial charge in [-0.2, -0.15) is 0 Å². The number of aromatic nitrogens is 2. The molecule has 0 aliphatic heterocycles. The first-order chi connectivity index (χ1) is 8.97. The topological polar surface area (TPSA) is 74.8 Å². The molecule has 2 aromatic rings. The number of halogens is 2. The van der Waals surface area contributed by atoms with Gasteiger partial charge in [0.25, 0.3) is 11.5 Å². The largest absolute Gasteiger partial charge is 0.319 e. The van der Waals surface area contributed by atoms with E-state index in [4.69, 9.17) is 0 Å². The highest BCUT2D eigenvalue weighted by Gasteiger charge is 2.13. The van der Waals surface area contributed by atoms with E-state index in [9.17, 15) is 18.4 Å². The number of rotatable bonds is 2. The molecule has 1 aromatic heterocycles. The average molecular weight is 265 g/mol. The molecular formula is C12H9F2N3O2. The summed E-state index contributed by atoms with van der Waals surface area (Å²) in [5.41, 5.74) is -1.10. The van der Waals surface area contributed by atoms with Crippen LogP contribution in [0.15, 0.2) is 29.2 Å². The fraction of sp³-hybridized carbons (Fsp3) is 0.0833. The molecule has 5 nitrogen and oxygen atoms in total. The van der Waals surface area contributed by atoms with Gasteiger partial charge >= 0.3 is 0 Å². The van der Waals surface area contributed by atoms with Gasteiger partial charge in [-0.3, -0.25) is 9.59 Å². The van der Waals surface area contributed by atoms with Crippen LogP contribution in [0, 0.1) is 18.6 Å². The van der Waals surface area contributed by atoms with Crippen LogP contribution in [0.3, 0.4) is 0 Å². The van der Waals surface area contributed by atoms with Crippen molar-refractivity contribution in [2.24, 2.45) is 0 Å². The third-order valence-electron chi connectivity index (χ3n) is 2.35. The number of hydrogen-bond acceptors (Lipinski definition) is 3. The van der Waals surface area contributed by atoms with E-state index in [1.165, 1.54) is 0 Å². The van der Waals surface area contributed by atoms with Crippen LogP contribution < -0.4 is 10.9 Å². The second-order valence-corrected chi connectivity index (χ2v) is 3.79. The third kappa shape index (κ3) is 2.82. The van der Waals surface area contributed by atoms with E-state index in [-0.39, 0.29) is 11.3 Å². The number of anilines is 1. The number of benzene rings is 1. The molecule has 0 bridgehead atoms. The van der Waals surface area contributed by atoms with Crippen molar-refractivity contribution >= 4 is 11.6 Å². The Labute approximate surface area is 106 Å². The average Bonchev–Trinajstić information content (AvgIpc) is 2.32. The molecule has 0 aliphatic carbocycles. The van der Waals surface area contributed by atoms with Gasteiger partial charge in [0.05, 0.1) is 5.69 Å². The highest BCUT2D eigenvalue weighted by Crippen LogP contribution is 2.15. The van der Waals surface area contributed by atoms with Gasteiger partial charge in [0.2, 0.25) is 0 Å².